The summed E-state index contributed by atoms with van der Waals surface area (Å²) in [6.07, 6.45) is 18.2. The van der Waals surface area contributed by atoms with Crippen molar-refractivity contribution in [2.24, 2.45) is 0 Å². The second-order valence-electron chi connectivity index (χ2n) is 12.8. The van der Waals surface area contributed by atoms with Crippen LogP contribution in [-0.2, 0) is 5.41 Å². The van der Waals surface area contributed by atoms with Crippen LogP contribution in [0.3, 0.4) is 0 Å². The van der Waals surface area contributed by atoms with E-state index in [1.165, 1.54) is 127 Å². The monoisotopic (exact) mass is 636 g/mol. The summed E-state index contributed by atoms with van der Waals surface area (Å²) < 4.78 is 14.1. The van der Waals surface area contributed by atoms with E-state index in [0.717, 1.165) is 17.0 Å². The zero-order valence-corrected chi connectivity index (χ0v) is 27.7. The van der Waals surface area contributed by atoms with Gasteiger partial charge in [-0.15, -0.1) is 0 Å². The van der Waals surface area contributed by atoms with Crippen LogP contribution in [0, 0.1) is 0 Å². The second kappa shape index (κ2) is 13.9. The molecule has 0 bridgehead atoms. The molecular weight excluding hydrogens is 591 g/mol. The lowest BCUT2D eigenvalue weighted by Gasteiger charge is -2.33. The molecular formula is C39H46BBrO2. The number of para-hydroxylation sites is 2. The minimum Gasteiger partial charge on any atom is -0.519 e. The number of hydrogen-bond donors (Lipinski definition) is 0. The van der Waals surface area contributed by atoms with Crippen molar-refractivity contribution in [3.8, 4) is 22.6 Å². The first-order valence-electron chi connectivity index (χ1n) is 16.9. The van der Waals surface area contributed by atoms with Gasteiger partial charge in [-0.2, -0.15) is 0 Å². The van der Waals surface area contributed by atoms with Crippen LogP contribution < -0.4 is 14.8 Å². The second-order valence-corrected chi connectivity index (χ2v) is 13.7. The zero-order valence-electron chi connectivity index (χ0n) is 26.1. The van der Waals surface area contributed by atoms with E-state index >= 15 is 0 Å². The summed E-state index contributed by atoms with van der Waals surface area (Å²) in [4.78, 5) is 0. The average Bonchev–Trinajstić information content (AvgIpc) is 3.57. The lowest BCUT2D eigenvalue weighted by Crippen LogP contribution is -2.40. The maximum Gasteiger partial charge on any atom is 0.633 e. The van der Waals surface area contributed by atoms with Gasteiger partial charge < -0.3 is 9.31 Å². The molecule has 1 aliphatic carbocycles. The summed E-state index contributed by atoms with van der Waals surface area (Å²) in [5.41, 5.74) is 6.97. The molecule has 0 N–H and O–H groups in total. The maximum absolute atomic E-state index is 6.47. The Morgan fingerprint density at radius 2 is 1.16 bits per heavy atom. The molecule has 0 radical (unpaired) electrons. The smallest absolute Gasteiger partial charge is 0.519 e. The molecule has 0 atom stereocenters. The molecule has 4 aromatic rings. The van der Waals surface area contributed by atoms with Gasteiger partial charge >= 0.3 is 7.12 Å². The van der Waals surface area contributed by atoms with E-state index in [1.54, 1.807) is 0 Å². The molecule has 224 valence electrons. The summed E-state index contributed by atoms with van der Waals surface area (Å²) in [5, 5.41) is 2.54. The molecule has 0 spiro atoms. The summed E-state index contributed by atoms with van der Waals surface area (Å²) in [6, 6.07) is 26.5. The first-order chi connectivity index (χ1) is 21.2. The van der Waals surface area contributed by atoms with E-state index in [9.17, 15) is 0 Å². The van der Waals surface area contributed by atoms with Gasteiger partial charge in [0.15, 0.2) is 0 Å². The van der Waals surface area contributed by atoms with E-state index < -0.39 is 7.12 Å². The summed E-state index contributed by atoms with van der Waals surface area (Å²) in [6.45, 7) is 4.61. The fraction of sp³-hybridized carbons (Fsp3) is 0.436. The van der Waals surface area contributed by atoms with Crippen molar-refractivity contribution < 1.29 is 9.31 Å². The maximum atomic E-state index is 6.47. The largest absolute Gasteiger partial charge is 0.633 e. The highest BCUT2D eigenvalue weighted by Crippen LogP contribution is 2.56. The van der Waals surface area contributed by atoms with E-state index in [4.69, 9.17) is 9.31 Å². The van der Waals surface area contributed by atoms with Gasteiger partial charge in [-0.3, -0.25) is 0 Å². The van der Waals surface area contributed by atoms with E-state index in [0.29, 0.717) is 0 Å². The van der Waals surface area contributed by atoms with E-state index in [-0.39, 0.29) is 5.41 Å². The number of fused-ring (bicyclic) bond motifs is 6. The molecule has 4 aromatic carbocycles. The van der Waals surface area contributed by atoms with Crippen LogP contribution in [0.25, 0.3) is 21.9 Å². The van der Waals surface area contributed by atoms with Gasteiger partial charge in [0.1, 0.15) is 11.5 Å². The Balaban J connectivity index is 1.44. The highest BCUT2D eigenvalue weighted by Gasteiger charge is 2.45. The van der Waals surface area contributed by atoms with Crippen molar-refractivity contribution in [3.63, 3.8) is 0 Å². The number of unbranched alkanes of at least 4 members (excludes halogenated alkanes) is 10. The highest BCUT2D eigenvalue weighted by atomic mass is 79.9. The van der Waals surface area contributed by atoms with Gasteiger partial charge in [0.25, 0.3) is 0 Å². The van der Waals surface area contributed by atoms with Gasteiger partial charge in [-0.25, -0.2) is 0 Å². The van der Waals surface area contributed by atoms with Gasteiger partial charge in [0.2, 0.25) is 0 Å². The Labute approximate surface area is 267 Å². The van der Waals surface area contributed by atoms with E-state index in [1.807, 2.05) is 24.3 Å². The molecule has 0 fully saturated rings. The lowest BCUT2D eigenvalue weighted by atomic mass is 9.67. The lowest BCUT2D eigenvalue weighted by molar-refractivity contribution is 0.398. The van der Waals surface area contributed by atoms with Gasteiger partial charge in [0, 0.05) is 15.4 Å². The van der Waals surface area contributed by atoms with Crippen molar-refractivity contribution in [3.05, 3.63) is 88.4 Å². The fourth-order valence-corrected chi connectivity index (χ4v) is 8.01. The molecule has 2 aliphatic rings. The van der Waals surface area contributed by atoms with Crippen LogP contribution in [0.5, 0.6) is 11.5 Å². The van der Waals surface area contributed by atoms with Crippen LogP contribution in [0.4, 0.5) is 0 Å². The van der Waals surface area contributed by atoms with Crippen molar-refractivity contribution >= 4 is 39.3 Å². The zero-order chi connectivity index (χ0) is 29.6. The van der Waals surface area contributed by atoms with Gasteiger partial charge in [-0.05, 0) is 70.1 Å². The third-order valence-electron chi connectivity index (χ3n) is 9.84. The fourth-order valence-electron chi connectivity index (χ4n) is 7.65. The molecule has 1 aliphatic heterocycles. The summed E-state index contributed by atoms with van der Waals surface area (Å²) >= 11 is 3.88. The van der Waals surface area contributed by atoms with Crippen molar-refractivity contribution in [2.45, 2.75) is 109 Å². The average molecular weight is 638 g/mol. The quantitative estimate of drug-likeness (QED) is 0.0954. The Hall–Kier alpha value is -2.72. The molecule has 1 heterocycles. The van der Waals surface area contributed by atoms with Crippen molar-refractivity contribution in [1.29, 1.82) is 0 Å². The number of rotatable bonds is 15. The molecule has 2 nitrogen and oxygen atoms in total. The topological polar surface area (TPSA) is 18.5 Å². The Morgan fingerprint density at radius 3 is 1.79 bits per heavy atom. The van der Waals surface area contributed by atoms with Crippen LogP contribution >= 0.6 is 15.9 Å². The normalized spacial score (nSPS) is 14.3. The number of benzene rings is 4. The summed E-state index contributed by atoms with van der Waals surface area (Å²) in [7, 11) is -0.441. The first-order valence-corrected chi connectivity index (χ1v) is 17.7. The third kappa shape index (κ3) is 6.14. The van der Waals surface area contributed by atoms with E-state index in [2.05, 4.69) is 78.3 Å². The molecule has 0 amide bonds. The molecule has 43 heavy (non-hydrogen) atoms. The standard InChI is InChI=1S/C39H46BBrO2/c1-3-5-7-9-11-17-25-39(26-18-12-10-8-6-4-2)33-27-29(41)23-24-32(33)38-31-20-14-13-19-30(31)35(28-34(38)39)40-42-36-21-15-16-22-37(36)43-40/h13-16,19-24,27-28H,3-12,17-18,25-26H2,1-2H3. The molecule has 0 saturated heterocycles. The first kappa shape index (κ1) is 30.3. The van der Waals surface area contributed by atoms with Crippen LogP contribution in [-0.4, -0.2) is 7.12 Å². The predicted octanol–water partition coefficient (Wildman–Crippen LogP) is 11.5. The molecule has 6 rings (SSSR count). The molecule has 0 aromatic heterocycles. The highest BCUT2D eigenvalue weighted by molar-refractivity contribution is 9.10. The molecule has 4 heteroatoms. The van der Waals surface area contributed by atoms with Gasteiger partial charge in [-0.1, -0.05) is 155 Å². The number of halogens is 1. The van der Waals surface area contributed by atoms with Crippen molar-refractivity contribution in [1.82, 2.24) is 0 Å². The molecule has 0 unspecified atom stereocenters. The van der Waals surface area contributed by atoms with Crippen LogP contribution in [0.15, 0.2) is 77.3 Å². The molecule has 0 saturated carbocycles. The van der Waals surface area contributed by atoms with Crippen LogP contribution in [0.1, 0.15) is 115 Å². The van der Waals surface area contributed by atoms with Crippen molar-refractivity contribution in [2.75, 3.05) is 0 Å². The Kier molecular flexibility index (Phi) is 9.82. The number of hydrogen-bond acceptors (Lipinski definition) is 2. The SMILES string of the molecule is CCCCCCCCC1(CCCCCCCC)c2cc(Br)ccc2-c2c1cc(B1Oc3ccccc3O1)c1ccccc21. The third-order valence-corrected chi connectivity index (χ3v) is 10.3. The Bertz CT molecular complexity index is 1510. The minimum absolute atomic E-state index is 0.00576. The summed E-state index contributed by atoms with van der Waals surface area (Å²) in [5.74, 6) is 1.66. The van der Waals surface area contributed by atoms with Crippen LogP contribution in [0.2, 0.25) is 0 Å². The predicted molar refractivity (Wildman–Crippen MR) is 187 cm³/mol. The van der Waals surface area contributed by atoms with Gasteiger partial charge in [0.05, 0.1) is 0 Å². The Morgan fingerprint density at radius 1 is 0.605 bits per heavy atom. The minimum atomic E-state index is -0.441.